The van der Waals surface area contributed by atoms with E-state index in [0.717, 1.165) is 17.9 Å². The van der Waals surface area contributed by atoms with Gasteiger partial charge in [-0.2, -0.15) is 5.10 Å². The SMILES string of the molecule is CNCc1ccn(-c2ccc(Cl)cc2Cl)n1. The first-order valence-corrected chi connectivity index (χ1v) is 5.61. The molecule has 0 saturated heterocycles. The zero-order valence-corrected chi connectivity index (χ0v) is 10.3. The van der Waals surface area contributed by atoms with E-state index in [1.165, 1.54) is 0 Å². The van der Waals surface area contributed by atoms with Gasteiger partial charge in [-0.25, -0.2) is 4.68 Å². The number of hydrogen-bond donors (Lipinski definition) is 1. The molecule has 2 aromatic rings. The van der Waals surface area contributed by atoms with E-state index >= 15 is 0 Å². The van der Waals surface area contributed by atoms with E-state index in [2.05, 4.69) is 10.4 Å². The van der Waals surface area contributed by atoms with Gasteiger partial charge in [-0.05, 0) is 31.3 Å². The van der Waals surface area contributed by atoms with Crippen LogP contribution in [0.2, 0.25) is 10.0 Å². The quantitative estimate of drug-likeness (QED) is 0.915. The third-order valence-electron chi connectivity index (χ3n) is 2.16. The predicted octanol–water partition coefficient (Wildman–Crippen LogP) is 2.90. The number of aromatic nitrogens is 2. The summed E-state index contributed by atoms with van der Waals surface area (Å²) in [5.74, 6) is 0. The topological polar surface area (TPSA) is 29.9 Å². The van der Waals surface area contributed by atoms with Crippen LogP contribution in [0.15, 0.2) is 30.5 Å². The van der Waals surface area contributed by atoms with Gasteiger partial charge < -0.3 is 5.32 Å². The van der Waals surface area contributed by atoms with Gasteiger partial charge in [0.15, 0.2) is 0 Å². The highest BCUT2D eigenvalue weighted by molar-refractivity contribution is 6.35. The van der Waals surface area contributed by atoms with Gasteiger partial charge >= 0.3 is 0 Å². The maximum absolute atomic E-state index is 6.09. The van der Waals surface area contributed by atoms with E-state index in [0.29, 0.717) is 10.0 Å². The molecule has 84 valence electrons. The van der Waals surface area contributed by atoms with Crippen molar-refractivity contribution in [2.75, 3.05) is 7.05 Å². The molecule has 1 aromatic carbocycles. The van der Waals surface area contributed by atoms with Crippen LogP contribution in [0, 0.1) is 0 Å². The van der Waals surface area contributed by atoms with Gasteiger partial charge in [-0.1, -0.05) is 23.2 Å². The van der Waals surface area contributed by atoms with Crippen LogP contribution in [0.1, 0.15) is 5.69 Å². The van der Waals surface area contributed by atoms with Gasteiger partial charge in [0.05, 0.1) is 16.4 Å². The molecule has 0 aliphatic heterocycles. The highest BCUT2D eigenvalue weighted by Crippen LogP contribution is 2.23. The van der Waals surface area contributed by atoms with Crippen LogP contribution >= 0.6 is 23.2 Å². The lowest BCUT2D eigenvalue weighted by Gasteiger charge is -2.04. The summed E-state index contributed by atoms with van der Waals surface area (Å²) in [6, 6.07) is 7.29. The molecule has 0 aliphatic carbocycles. The number of hydrogen-bond acceptors (Lipinski definition) is 2. The maximum Gasteiger partial charge on any atom is 0.0832 e. The van der Waals surface area contributed by atoms with E-state index in [-0.39, 0.29) is 0 Å². The van der Waals surface area contributed by atoms with E-state index < -0.39 is 0 Å². The summed E-state index contributed by atoms with van der Waals surface area (Å²) >= 11 is 11.9. The summed E-state index contributed by atoms with van der Waals surface area (Å²) in [7, 11) is 1.88. The Morgan fingerprint density at radius 1 is 1.31 bits per heavy atom. The third-order valence-corrected chi connectivity index (χ3v) is 2.70. The van der Waals surface area contributed by atoms with Crippen molar-refractivity contribution in [1.82, 2.24) is 15.1 Å². The molecule has 0 bridgehead atoms. The second kappa shape index (κ2) is 4.87. The summed E-state index contributed by atoms with van der Waals surface area (Å²) in [4.78, 5) is 0. The van der Waals surface area contributed by atoms with Crippen molar-refractivity contribution in [1.29, 1.82) is 0 Å². The Morgan fingerprint density at radius 2 is 2.12 bits per heavy atom. The smallest absolute Gasteiger partial charge is 0.0832 e. The average Bonchev–Trinajstić information content (AvgIpc) is 2.67. The normalized spacial score (nSPS) is 10.7. The summed E-state index contributed by atoms with van der Waals surface area (Å²) in [6.07, 6.45) is 1.88. The van der Waals surface area contributed by atoms with Crippen LogP contribution < -0.4 is 5.32 Å². The first-order chi connectivity index (χ1) is 7.70. The van der Waals surface area contributed by atoms with E-state index in [4.69, 9.17) is 23.2 Å². The Labute approximate surface area is 104 Å². The molecule has 0 fully saturated rings. The molecule has 1 aromatic heterocycles. The second-order valence-electron chi connectivity index (χ2n) is 3.38. The van der Waals surface area contributed by atoms with Crippen molar-refractivity contribution >= 4 is 23.2 Å². The molecule has 16 heavy (non-hydrogen) atoms. The van der Waals surface area contributed by atoms with Crippen LogP contribution in [-0.2, 0) is 6.54 Å². The van der Waals surface area contributed by atoms with Crippen molar-refractivity contribution in [2.24, 2.45) is 0 Å². The third kappa shape index (κ3) is 2.38. The Bertz CT molecular complexity index is 494. The highest BCUT2D eigenvalue weighted by Gasteiger charge is 2.05. The maximum atomic E-state index is 6.09. The van der Waals surface area contributed by atoms with Crippen LogP contribution in [0.3, 0.4) is 0 Å². The van der Waals surface area contributed by atoms with Crippen LogP contribution in [0.5, 0.6) is 0 Å². The van der Waals surface area contributed by atoms with Gasteiger partial charge in [-0.3, -0.25) is 0 Å². The zero-order valence-electron chi connectivity index (χ0n) is 8.74. The predicted molar refractivity (Wildman–Crippen MR) is 66.3 cm³/mol. The molecule has 0 aliphatic rings. The molecule has 0 radical (unpaired) electrons. The van der Waals surface area contributed by atoms with E-state index in [1.54, 1.807) is 16.8 Å². The minimum atomic E-state index is 0.589. The standard InChI is InChI=1S/C11H11Cl2N3/c1-14-7-9-4-5-16(15-9)11-3-2-8(12)6-10(11)13/h2-6,14H,7H2,1H3. The Balaban J connectivity index is 2.35. The Morgan fingerprint density at radius 3 is 2.81 bits per heavy atom. The minimum absolute atomic E-state index is 0.589. The minimum Gasteiger partial charge on any atom is -0.314 e. The first-order valence-electron chi connectivity index (χ1n) is 4.85. The molecule has 1 heterocycles. The number of benzene rings is 1. The summed E-state index contributed by atoms with van der Waals surface area (Å²) in [5.41, 5.74) is 1.79. The van der Waals surface area contributed by atoms with Crippen LogP contribution in [0.25, 0.3) is 5.69 Å². The first kappa shape index (κ1) is 11.5. The second-order valence-corrected chi connectivity index (χ2v) is 4.22. The fourth-order valence-corrected chi connectivity index (χ4v) is 1.93. The average molecular weight is 256 g/mol. The Kier molecular flexibility index (Phi) is 3.49. The van der Waals surface area contributed by atoms with Crippen molar-refractivity contribution < 1.29 is 0 Å². The van der Waals surface area contributed by atoms with Crippen molar-refractivity contribution in [3.05, 3.63) is 46.2 Å². The van der Waals surface area contributed by atoms with Gasteiger partial charge in [0.2, 0.25) is 0 Å². The molecular weight excluding hydrogens is 245 g/mol. The van der Waals surface area contributed by atoms with Gasteiger partial charge in [-0.15, -0.1) is 0 Å². The fourth-order valence-electron chi connectivity index (χ4n) is 1.44. The number of nitrogens with zero attached hydrogens (tertiary/aromatic N) is 2. The molecule has 0 spiro atoms. The lowest BCUT2D eigenvalue weighted by atomic mass is 10.3. The largest absolute Gasteiger partial charge is 0.314 e. The Hall–Kier alpha value is -1.03. The summed E-state index contributed by atoms with van der Waals surface area (Å²) in [6.45, 7) is 0.734. The molecule has 0 atom stereocenters. The van der Waals surface area contributed by atoms with E-state index in [1.807, 2.05) is 25.4 Å². The van der Waals surface area contributed by atoms with Gasteiger partial charge in [0.25, 0.3) is 0 Å². The molecule has 0 saturated carbocycles. The monoisotopic (exact) mass is 255 g/mol. The lowest BCUT2D eigenvalue weighted by Crippen LogP contribution is -2.06. The van der Waals surface area contributed by atoms with Crippen LogP contribution in [-0.4, -0.2) is 16.8 Å². The van der Waals surface area contributed by atoms with Gasteiger partial charge in [0.1, 0.15) is 0 Å². The van der Waals surface area contributed by atoms with Crippen molar-refractivity contribution in [2.45, 2.75) is 6.54 Å². The molecule has 5 heteroatoms. The number of rotatable bonds is 3. The van der Waals surface area contributed by atoms with Crippen molar-refractivity contribution in [3.8, 4) is 5.69 Å². The number of halogens is 2. The van der Waals surface area contributed by atoms with Gasteiger partial charge in [0, 0.05) is 17.8 Å². The lowest BCUT2D eigenvalue weighted by molar-refractivity contribution is 0.757. The van der Waals surface area contributed by atoms with Crippen LogP contribution in [0.4, 0.5) is 0 Å². The molecule has 0 unspecified atom stereocenters. The molecular formula is C11H11Cl2N3. The van der Waals surface area contributed by atoms with E-state index in [9.17, 15) is 0 Å². The summed E-state index contributed by atoms with van der Waals surface area (Å²) in [5, 5.41) is 8.64. The molecule has 3 nitrogen and oxygen atoms in total. The molecule has 1 N–H and O–H groups in total. The fraction of sp³-hybridized carbons (Fsp3) is 0.182. The number of nitrogens with one attached hydrogen (secondary N) is 1. The molecule has 2 rings (SSSR count). The summed E-state index contributed by atoms with van der Waals surface area (Å²) < 4.78 is 1.74. The zero-order chi connectivity index (χ0) is 11.5. The van der Waals surface area contributed by atoms with Crippen molar-refractivity contribution in [3.63, 3.8) is 0 Å². The molecule has 0 amide bonds. The highest BCUT2D eigenvalue weighted by atomic mass is 35.5.